The molecule has 0 aliphatic carbocycles. The van der Waals surface area contributed by atoms with E-state index in [1.165, 1.54) is 12.1 Å². The average Bonchev–Trinajstić information content (AvgIpc) is 3.64. The van der Waals surface area contributed by atoms with Crippen molar-refractivity contribution in [2.24, 2.45) is 0 Å². The maximum absolute atomic E-state index is 13.9. The van der Waals surface area contributed by atoms with Gasteiger partial charge in [0.15, 0.2) is 5.65 Å². The second kappa shape index (κ2) is 9.02. The number of benzene rings is 1. The van der Waals surface area contributed by atoms with Crippen LogP contribution in [0.25, 0.3) is 55.7 Å². The number of alkyl halides is 2. The Hall–Kier alpha value is -4.57. The van der Waals surface area contributed by atoms with E-state index in [9.17, 15) is 13.2 Å². The number of nitrogens with zero attached hydrogens (tertiary/aromatic N) is 5. The molecular weight excluding hydrogens is 503 g/mol. The monoisotopic (exact) mass is 525 g/mol. The van der Waals surface area contributed by atoms with Crippen molar-refractivity contribution in [3.05, 3.63) is 84.7 Å². The summed E-state index contributed by atoms with van der Waals surface area (Å²) in [5, 5.41) is 9.15. The molecule has 1 aromatic carbocycles. The fourth-order valence-corrected chi connectivity index (χ4v) is 5.26. The van der Waals surface area contributed by atoms with Gasteiger partial charge in [0.25, 0.3) is 5.92 Å². The second-order valence-electron chi connectivity index (χ2n) is 9.90. The van der Waals surface area contributed by atoms with Crippen LogP contribution in [0.1, 0.15) is 12.0 Å². The number of hydrogen-bond acceptors (Lipinski definition) is 5. The van der Waals surface area contributed by atoms with Gasteiger partial charge in [-0.3, -0.25) is 15.0 Å². The number of halogens is 3. The molecule has 6 heterocycles. The summed E-state index contributed by atoms with van der Waals surface area (Å²) in [6.07, 6.45) is 6.76. The molecule has 7 rings (SSSR count). The molecule has 2 N–H and O–H groups in total. The first-order valence-electron chi connectivity index (χ1n) is 12.5. The summed E-state index contributed by atoms with van der Waals surface area (Å²) in [7, 11) is 0. The van der Waals surface area contributed by atoms with Crippen LogP contribution in [0.4, 0.5) is 13.2 Å². The van der Waals surface area contributed by atoms with E-state index >= 15 is 0 Å². The van der Waals surface area contributed by atoms with Gasteiger partial charge in [-0.15, -0.1) is 0 Å². The third kappa shape index (κ3) is 4.42. The highest BCUT2D eigenvalue weighted by atomic mass is 19.3. The van der Waals surface area contributed by atoms with Crippen molar-refractivity contribution in [1.82, 2.24) is 35.0 Å². The van der Waals surface area contributed by atoms with E-state index < -0.39 is 5.92 Å². The Morgan fingerprint density at radius 1 is 0.897 bits per heavy atom. The molecule has 194 valence electrons. The molecule has 0 saturated carbocycles. The summed E-state index contributed by atoms with van der Waals surface area (Å²) in [5.74, 6) is -2.93. The Bertz CT molecular complexity index is 1840. The minimum absolute atomic E-state index is 0.114. The zero-order valence-corrected chi connectivity index (χ0v) is 20.6. The van der Waals surface area contributed by atoms with Crippen molar-refractivity contribution in [3.63, 3.8) is 0 Å². The SMILES string of the molecule is Fc1cccc(-c2ccnc3[nH]c(-c4n[nH]c5ncc(-c6cncc(CN7CCC(F)(F)C7)c6)cc45)cc23)c1. The number of hydrogen-bond donors (Lipinski definition) is 2. The van der Waals surface area contributed by atoms with E-state index in [4.69, 9.17) is 0 Å². The lowest BCUT2D eigenvalue weighted by atomic mass is 10.0. The Morgan fingerprint density at radius 2 is 1.79 bits per heavy atom. The molecule has 7 nitrogen and oxygen atoms in total. The molecule has 0 atom stereocenters. The minimum atomic E-state index is -2.63. The van der Waals surface area contributed by atoms with E-state index in [0.29, 0.717) is 30.1 Å². The predicted molar refractivity (Wildman–Crippen MR) is 142 cm³/mol. The van der Waals surface area contributed by atoms with Crippen LogP contribution in [0.2, 0.25) is 0 Å². The van der Waals surface area contributed by atoms with E-state index in [1.807, 2.05) is 30.3 Å². The molecule has 5 aromatic heterocycles. The van der Waals surface area contributed by atoms with Crippen LogP contribution in [0.5, 0.6) is 0 Å². The van der Waals surface area contributed by atoms with Crippen molar-refractivity contribution in [2.45, 2.75) is 18.9 Å². The molecule has 1 fully saturated rings. The molecule has 6 aromatic rings. The van der Waals surface area contributed by atoms with E-state index in [2.05, 4.69) is 30.1 Å². The summed E-state index contributed by atoms with van der Waals surface area (Å²) in [5.41, 5.74) is 6.86. The van der Waals surface area contributed by atoms with Crippen LogP contribution >= 0.6 is 0 Å². The molecule has 39 heavy (non-hydrogen) atoms. The van der Waals surface area contributed by atoms with Gasteiger partial charge in [-0.25, -0.2) is 23.1 Å². The summed E-state index contributed by atoms with van der Waals surface area (Å²) < 4.78 is 41.2. The van der Waals surface area contributed by atoms with Gasteiger partial charge in [0.1, 0.15) is 17.2 Å². The largest absolute Gasteiger partial charge is 0.338 e. The van der Waals surface area contributed by atoms with Crippen molar-refractivity contribution < 1.29 is 13.2 Å². The third-order valence-electron chi connectivity index (χ3n) is 7.12. The molecule has 0 amide bonds. The minimum Gasteiger partial charge on any atom is -0.338 e. The lowest BCUT2D eigenvalue weighted by Crippen LogP contribution is -2.24. The Kier molecular flexibility index (Phi) is 5.44. The molecule has 1 aliphatic rings. The van der Waals surface area contributed by atoms with E-state index in [0.717, 1.165) is 44.3 Å². The van der Waals surface area contributed by atoms with Gasteiger partial charge in [0, 0.05) is 66.2 Å². The highest BCUT2D eigenvalue weighted by Gasteiger charge is 2.37. The van der Waals surface area contributed by atoms with Crippen molar-refractivity contribution in [2.75, 3.05) is 13.1 Å². The fraction of sp³-hybridized carbons (Fsp3) is 0.172. The van der Waals surface area contributed by atoms with Crippen molar-refractivity contribution >= 4 is 22.1 Å². The predicted octanol–water partition coefficient (Wildman–Crippen LogP) is 6.21. The van der Waals surface area contributed by atoms with Crippen LogP contribution in [-0.2, 0) is 6.54 Å². The molecule has 0 unspecified atom stereocenters. The first-order valence-corrected chi connectivity index (χ1v) is 12.5. The summed E-state index contributed by atoms with van der Waals surface area (Å²) >= 11 is 0. The number of nitrogens with one attached hydrogen (secondary N) is 2. The number of aromatic nitrogens is 6. The smallest absolute Gasteiger partial charge is 0.261 e. The number of H-pyrrole nitrogens is 2. The highest BCUT2D eigenvalue weighted by Crippen LogP contribution is 2.34. The summed E-state index contributed by atoms with van der Waals surface area (Å²) in [6, 6.07) is 14.2. The van der Waals surface area contributed by atoms with Crippen LogP contribution in [-0.4, -0.2) is 54.0 Å². The molecule has 0 bridgehead atoms. The summed E-state index contributed by atoms with van der Waals surface area (Å²) in [4.78, 5) is 18.5. The average molecular weight is 526 g/mol. The number of likely N-dealkylation sites (tertiary alicyclic amines) is 1. The van der Waals surface area contributed by atoms with E-state index in [1.54, 1.807) is 35.8 Å². The number of aromatic amines is 2. The Balaban J connectivity index is 1.25. The number of rotatable bonds is 5. The first kappa shape index (κ1) is 23.5. The maximum atomic E-state index is 13.9. The van der Waals surface area contributed by atoms with Crippen LogP contribution in [0.3, 0.4) is 0 Å². The van der Waals surface area contributed by atoms with Gasteiger partial charge in [-0.1, -0.05) is 12.1 Å². The Morgan fingerprint density at radius 3 is 2.64 bits per heavy atom. The summed E-state index contributed by atoms with van der Waals surface area (Å²) in [6.45, 7) is 0.547. The van der Waals surface area contributed by atoms with Gasteiger partial charge in [0.2, 0.25) is 0 Å². The second-order valence-corrected chi connectivity index (χ2v) is 9.90. The van der Waals surface area contributed by atoms with Gasteiger partial charge < -0.3 is 4.98 Å². The zero-order valence-electron chi connectivity index (χ0n) is 20.6. The third-order valence-corrected chi connectivity index (χ3v) is 7.12. The zero-order chi connectivity index (χ0) is 26.6. The molecule has 0 spiro atoms. The molecule has 1 aliphatic heterocycles. The molecule has 0 radical (unpaired) electrons. The van der Waals surface area contributed by atoms with Crippen molar-refractivity contribution in [1.29, 1.82) is 0 Å². The van der Waals surface area contributed by atoms with Gasteiger partial charge in [-0.05, 0) is 53.1 Å². The van der Waals surface area contributed by atoms with Crippen LogP contribution < -0.4 is 0 Å². The standard InChI is InChI=1S/C29H22F3N7/c30-21-3-1-2-18(9-21)22-4-6-34-27-23(22)11-25(36-27)26-24-10-20(14-35-28(24)38-37-26)19-8-17(12-33-13-19)15-39-7-5-29(31,32)16-39/h1-4,6,8-14H,5,7,15-16H2,(H,34,36)(H,35,37,38). The van der Waals surface area contributed by atoms with E-state index in [-0.39, 0.29) is 18.8 Å². The van der Waals surface area contributed by atoms with Crippen LogP contribution in [0, 0.1) is 5.82 Å². The lowest BCUT2D eigenvalue weighted by Gasteiger charge is -2.15. The first-order chi connectivity index (χ1) is 18.9. The molecule has 1 saturated heterocycles. The normalized spacial score (nSPS) is 15.5. The van der Waals surface area contributed by atoms with Gasteiger partial charge >= 0.3 is 0 Å². The van der Waals surface area contributed by atoms with Gasteiger partial charge in [-0.2, -0.15) is 5.10 Å². The number of pyridine rings is 3. The maximum Gasteiger partial charge on any atom is 0.261 e. The van der Waals surface area contributed by atoms with Crippen molar-refractivity contribution in [3.8, 4) is 33.6 Å². The molecular formula is C29H22F3N7. The Labute approximate surface area is 220 Å². The highest BCUT2D eigenvalue weighted by molar-refractivity contribution is 5.99. The molecule has 10 heteroatoms. The topological polar surface area (TPSA) is 86.4 Å². The van der Waals surface area contributed by atoms with Gasteiger partial charge in [0.05, 0.1) is 12.2 Å². The quantitative estimate of drug-likeness (QED) is 0.280. The number of fused-ring (bicyclic) bond motifs is 2. The van der Waals surface area contributed by atoms with Crippen LogP contribution in [0.15, 0.2) is 73.3 Å². The lowest BCUT2D eigenvalue weighted by molar-refractivity contribution is 0.0115. The fourth-order valence-electron chi connectivity index (χ4n) is 5.26.